The van der Waals surface area contributed by atoms with Crippen molar-refractivity contribution in [1.29, 1.82) is 0 Å². The minimum absolute atomic E-state index is 0.116. The van der Waals surface area contributed by atoms with E-state index in [9.17, 15) is 0 Å². The van der Waals surface area contributed by atoms with E-state index in [0.717, 1.165) is 17.6 Å². The average molecular weight is 430 g/mol. The van der Waals surface area contributed by atoms with Crippen molar-refractivity contribution in [2.24, 2.45) is 5.41 Å². The molecule has 1 aliphatic heterocycles. The van der Waals surface area contributed by atoms with Crippen molar-refractivity contribution >= 4 is 49.0 Å². The zero-order valence-electron chi connectivity index (χ0n) is 19.8. The number of fused-ring (bicyclic) bond motifs is 5. The number of rotatable bonds is 1. The molecule has 0 unspecified atom stereocenters. The molecule has 3 heteroatoms. The lowest BCUT2D eigenvalue weighted by Gasteiger charge is -2.34. The van der Waals surface area contributed by atoms with Gasteiger partial charge in [-0.2, -0.15) is 0 Å². The number of nitrogens with zero attached hydrogens (tertiary/aromatic N) is 3. The van der Waals surface area contributed by atoms with Crippen molar-refractivity contribution < 1.29 is 0 Å². The van der Waals surface area contributed by atoms with Crippen LogP contribution in [0.15, 0.2) is 60.9 Å². The molecular weight excluding hydrogens is 402 g/mol. The third kappa shape index (κ3) is 2.35. The lowest BCUT2D eigenvalue weighted by atomic mass is 9.73. The molecule has 0 fully saturated rings. The highest BCUT2D eigenvalue weighted by Crippen LogP contribution is 2.50. The van der Waals surface area contributed by atoms with Crippen LogP contribution in [-0.4, -0.2) is 14.4 Å². The molecule has 3 nitrogen and oxygen atoms in total. The summed E-state index contributed by atoms with van der Waals surface area (Å²) in [5, 5.41) is 6.31. The molecule has 0 saturated heterocycles. The van der Waals surface area contributed by atoms with E-state index in [1.807, 2.05) is 0 Å². The van der Waals surface area contributed by atoms with Gasteiger partial charge >= 0.3 is 0 Å². The van der Waals surface area contributed by atoms with E-state index in [-0.39, 0.29) is 10.8 Å². The van der Waals surface area contributed by atoms with Crippen molar-refractivity contribution in [2.45, 2.75) is 46.5 Å². The third-order valence-corrected chi connectivity index (χ3v) is 7.50. The molecule has 0 N–H and O–H groups in total. The van der Waals surface area contributed by atoms with Gasteiger partial charge < -0.3 is 4.40 Å². The average Bonchev–Trinajstić information content (AvgIpc) is 3.15. The number of benzene rings is 3. The van der Waals surface area contributed by atoms with Crippen LogP contribution in [0.5, 0.6) is 0 Å². The second-order valence-corrected chi connectivity index (χ2v) is 11.4. The highest BCUT2D eigenvalue weighted by molar-refractivity contribution is 6.20. The second kappa shape index (κ2) is 5.91. The summed E-state index contributed by atoms with van der Waals surface area (Å²) >= 11 is 0. The van der Waals surface area contributed by atoms with E-state index in [1.54, 1.807) is 6.33 Å². The first-order valence-electron chi connectivity index (χ1n) is 11.8. The first-order chi connectivity index (χ1) is 15.8. The third-order valence-electron chi connectivity index (χ3n) is 7.50. The summed E-state index contributed by atoms with van der Waals surface area (Å²) in [5.74, 6) is 0. The summed E-state index contributed by atoms with van der Waals surface area (Å²) in [6.45, 7) is 11.6. The quantitative estimate of drug-likeness (QED) is 0.199. The van der Waals surface area contributed by atoms with Crippen molar-refractivity contribution in [3.8, 4) is 0 Å². The smallest absolute Gasteiger partial charge is 0.116 e. The molecule has 3 aromatic carbocycles. The van der Waals surface area contributed by atoms with Crippen molar-refractivity contribution in [3.05, 3.63) is 77.7 Å². The lowest BCUT2D eigenvalue weighted by molar-refractivity contribution is 0.408. The highest BCUT2D eigenvalue weighted by atomic mass is 14.9. The van der Waals surface area contributed by atoms with Crippen LogP contribution >= 0.6 is 0 Å². The molecule has 0 saturated carbocycles. The molecule has 1 aliphatic rings. The standard InChI is InChI=1S/C30H27N3/c1-29(2,3)15-22-24-23-14-18-10-8-12-21-27(18)33(23)28-20(26(24)32-16-31-22)13-17-9-6-7-11-19(17)25(28)30(21,4)5/h6-14,16H,15H2,1-5H3. The van der Waals surface area contributed by atoms with Crippen LogP contribution in [0.4, 0.5) is 0 Å². The molecule has 0 amide bonds. The van der Waals surface area contributed by atoms with E-state index in [4.69, 9.17) is 9.97 Å². The SMILES string of the molecule is CC(C)(C)Cc1ncnc2c3cc4ccccc4c4c3n3c(cc5cccc(c53)C4(C)C)c12. The molecule has 0 atom stereocenters. The van der Waals surface area contributed by atoms with Crippen LogP contribution in [0.2, 0.25) is 0 Å². The van der Waals surface area contributed by atoms with Crippen LogP contribution < -0.4 is 0 Å². The molecule has 3 aromatic heterocycles. The fourth-order valence-electron chi connectivity index (χ4n) is 6.23. The molecule has 0 spiro atoms. The Morgan fingerprint density at radius 3 is 2.45 bits per heavy atom. The minimum Gasteiger partial charge on any atom is -0.308 e. The Kier molecular flexibility index (Phi) is 3.41. The number of para-hydroxylation sites is 1. The van der Waals surface area contributed by atoms with Crippen LogP contribution in [0.3, 0.4) is 0 Å². The van der Waals surface area contributed by atoms with Gasteiger partial charge in [-0.3, -0.25) is 0 Å². The van der Waals surface area contributed by atoms with Crippen molar-refractivity contribution in [1.82, 2.24) is 14.4 Å². The maximum atomic E-state index is 4.91. The van der Waals surface area contributed by atoms with Crippen LogP contribution in [0, 0.1) is 5.41 Å². The fourth-order valence-corrected chi connectivity index (χ4v) is 6.23. The Hall–Kier alpha value is -3.46. The second-order valence-electron chi connectivity index (χ2n) is 11.4. The molecule has 0 aliphatic carbocycles. The van der Waals surface area contributed by atoms with Gasteiger partial charge in [0.25, 0.3) is 0 Å². The summed E-state index contributed by atoms with van der Waals surface area (Å²) in [7, 11) is 0. The summed E-state index contributed by atoms with van der Waals surface area (Å²) in [6, 6.07) is 20.3. The first-order valence-corrected chi connectivity index (χ1v) is 11.8. The Bertz CT molecular complexity index is 1800. The van der Waals surface area contributed by atoms with E-state index >= 15 is 0 Å². The molecule has 4 heterocycles. The predicted molar refractivity (Wildman–Crippen MR) is 138 cm³/mol. The van der Waals surface area contributed by atoms with E-state index in [2.05, 4.69) is 93.6 Å². The maximum absolute atomic E-state index is 4.91. The van der Waals surface area contributed by atoms with E-state index in [1.165, 1.54) is 54.6 Å². The monoisotopic (exact) mass is 429 g/mol. The number of pyridine rings is 1. The highest BCUT2D eigenvalue weighted by Gasteiger charge is 2.36. The van der Waals surface area contributed by atoms with Gasteiger partial charge in [0, 0.05) is 21.6 Å². The van der Waals surface area contributed by atoms with E-state index in [0.29, 0.717) is 0 Å². The van der Waals surface area contributed by atoms with Gasteiger partial charge in [-0.15, -0.1) is 0 Å². The Balaban J connectivity index is 1.86. The van der Waals surface area contributed by atoms with Crippen molar-refractivity contribution in [2.75, 3.05) is 0 Å². The van der Waals surface area contributed by atoms with Crippen LogP contribution in [-0.2, 0) is 11.8 Å². The molecule has 0 radical (unpaired) electrons. The number of hydrogen-bond donors (Lipinski definition) is 0. The Morgan fingerprint density at radius 1 is 0.848 bits per heavy atom. The van der Waals surface area contributed by atoms with E-state index < -0.39 is 0 Å². The normalized spacial score (nSPS) is 15.2. The van der Waals surface area contributed by atoms with Gasteiger partial charge in [0.1, 0.15) is 6.33 Å². The zero-order valence-corrected chi connectivity index (χ0v) is 19.8. The molecule has 6 aromatic rings. The van der Waals surface area contributed by atoms with Gasteiger partial charge in [-0.05, 0) is 45.9 Å². The minimum atomic E-state index is -0.116. The first kappa shape index (κ1) is 19.0. The molecule has 0 bridgehead atoms. The molecule has 33 heavy (non-hydrogen) atoms. The van der Waals surface area contributed by atoms with Crippen molar-refractivity contribution in [3.63, 3.8) is 0 Å². The topological polar surface area (TPSA) is 30.2 Å². The van der Waals surface area contributed by atoms with Gasteiger partial charge in [0.15, 0.2) is 0 Å². The Labute approximate surface area is 193 Å². The van der Waals surface area contributed by atoms with Crippen LogP contribution in [0.1, 0.15) is 51.4 Å². The largest absolute Gasteiger partial charge is 0.308 e. The maximum Gasteiger partial charge on any atom is 0.116 e. The van der Waals surface area contributed by atoms with Gasteiger partial charge in [0.05, 0.1) is 27.8 Å². The molecular formula is C30H27N3. The summed E-state index contributed by atoms with van der Waals surface area (Å²) in [6.07, 6.45) is 2.67. The summed E-state index contributed by atoms with van der Waals surface area (Å²) in [4.78, 5) is 9.74. The van der Waals surface area contributed by atoms with Gasteiger partial charge in [-0.1, -0.05) is 77.1 Å². The predicted octanol–water partition coefficient (Wildman–Crippen LogP) is 7.57. The number of hydrogen-bond acceptors (Lipinski definition) is 2. The van der Waals surface area contributed by atoms with Gasteiger partial charge in [0.2, 0.25) is 0 Å². The zero-order chi connectivity index (χ0) is 22.7. The molecule has 162 valence electrons. The Morgan fingerprint density at radius 2 is 1.64 bits per heavy atom. The summed E-state index contributed by atoms with van der Waals surface area (Å²) in [5.41, 5.74) is 8.87. The van der Waals surface area contributed by atoms with Gasteiger partial charge in [-0.25, -0.2) is 9.97 Å². The molecule has 7 rings (SSSR count). The number of aromatic nitrogens is 3. The lowest BCUT2D eigenvalue weighted by Crippen LogP contribution is -2.24. The fraction of sp³-hybridized carbons (Fsp3) is 0.267. The summed E-state index contributed by atoms with van der Waals surface area (Å²) < 4.78 is 2.52. The van der Waals surface area contributed by atoms with Crippen LogP contribution in [0.25, 0.3) is 49.0 Å².